The van der Waals surface area contributed by atoms with E-state index in [1.807, 2.05) is 0 Å². The zero-order valence-corrected chi connectivity index (χ0v) is 8.58. The number of fused-ring (bicyclic) bond motifs is 1. The summed E-state index contributed by atoms with van der Waals surface area (Å²) in [6.07, 6.45) is -2.68. The second-order valence-electron chi connectivity index (χ2n) is 3.48. The molecule has 2 N–H and O–H groups in total. The predicted molar refractivity (Wildman–Crippen MR) is 55.3 cm³/mol. The lowest BCUT2D eigenvalue weighted by atomic mass is 10.1. The number of aliphatic hydroxyl groups excluding tert-OH is 2. The number of aryl methyl sites for hydroxylation is 1. The average molecular weight is 218 g/mol. The fourth-order valence-electron chi connectivity index (χ4n) is 1.49. The molecule has 0 saturated carbocycles. The van der Waals surface area contributed by atoms with Crippen LogP contribution in [0.3, 0.4) is 0 Å². The van der Waals surface area contributed by atoms with Crippen LogP contribution in [0.2, 0.25) is 0 Å². The van der Waals surface area contributed by atoms with Gasteiger partial charge in [0.25, 0.3) is 0 Å². The number of aromatic nitrogens is 1. The second-order valence-corrected chi connectivity index (χ2v) is 3.48. The summed E-state index contributed by atoms with van der Waals surface area (Å²) in [5.41, 5.74) is 1.64. The maximum absolute atomic E-state index is 9.62. The van der Waals surface area contributed by atoms with Crippen LogP contribution in [0.1, 0.15) is 17.6 Å². The Morgan fingerprint density at radius 3 is 2.88 bits per heavy atom. The lowest BCUT2D eigenvalue weighted by Crippen LogP contribution is -2.15. The molecule has 5 heteroatoms. The van der Waals surface area contributed by atoms with Crippen LogP contribution in [0, 0.1) is 18.3 Å². The molecule has 2 aromatic rings. The van der Waals surface area contributed by atoms with E-state index in [0.717, 1.165) is 0 Å². The fourth-order valence-corrected chi connectivity index (χ4v) is 1.49. The van der Waals surface area contributed by atoms with Crippen LogP contribution >= 0.6 is 0 Å². The van der Waals surface area contributed by atoms with Crippen molar-refractivity contribution in [2.24, 2.45) is 0 Å². The summed E-state index contributed by atoms with van der Waals surface area (Å²) < 4.78 is 5.29. The van der Waals surface area contributed by atoms with Crippen molar-refractivity contribution in [2.75, 3.05) is 0 Å². The molecule has 0 saturated heterocycles. The van der Waals surface area contributed by atoms with Gasteiger partial charge in [-0.25, -0.2) is 4.98 Å². The third-order valence-corrected chi connectivity index (χ3v) is 2.29. The van der Waals surface area contributed by atoms with Crippen LogP contribution in [0.15, 0.2) is 22.6 Å². The van der Waals surface area contributed by atoms with Crippen LogP contribution in [-0.2, 0) is 0 Å². The van der Waals surface area contributed by atoms with E-state index in [1.165, 1.54) is 0 Å². The zero-order chi connectivity index (χ0) is 11.7. The van der Waals surface area contributed by atoms with Gasteiger partial charge in [0.1, 0.15) is 11.6 Å². The first-order chi connectivity index (χ1) is 7.61. The molecule has 0 aliphatic heterocycles. The van der Waals surface area contributed by atoms with Crippen molar-refractivity contribution in [2.45, 2.75) is 19.1 Å². The minimum absolute atomic E-state index is 0.428. The van der Waals surface area contributed by atoms with E-state index in [-0.39, 0.29) is 0 Å². The number of hydrogen-bond acceptors (Lipinski definition) is 5. The number of nitrogens with zero attached hydrogens (tertiary/aromatic N) is 2. The van der Waals surface area contributed by atoms with Crippen molar-refractivity contribution in [3.63, 3.8) is 0 Å². The molecule has 0 radical (unpaired) electrons. The molecule has 0 amide bonds. The fraction of sp³-hybridized carbons (Fsp3) is 0.273. The number of nitriles is 1. The highest BCUT2D eigenvalue weighted by atomic mass is 16.3. The average Bonchev–Trinajstić information content (AvgIpc) is 2.65. The summed E-state index contributed by atoms with van der Waals surface area (Å²) in [6.45, 7) is 1.72. The summed E-state index contributed by atoms with van der Waals surface area (Å²) in [6, 6.07) is 6.43. The van der Waals surface area contributed by atoms with Crippen molar-refractivity contribution in [3.05, 3.63) is 29.7 Å². The Morgan fingerprint density at radius 1 is 1.44 bits per heavy atom. The summed E-state index contributed by atoms with van der Waals surface area (Å²) >= 11 is 0. The van der Waals surface area contributed by atoms with Gasteiger partial charge in [0.2, 0.25) is 0 Å². The van der Waals surface area contributed by atoms with Gasteiger partial charge in [0.05, 0.1) is 6.07 Å². The monoisotopic (exact) mass is 218 g/mol. The third-order valence-electron chi connectivity index (χ3n) is 2.29. The number of aliphatic hydroxyl groups is 2. The van der Waals surface area contributed by atoms with E-state index in [2.05, 4.69) is 4.98 Å². The maximum Gasteiger partial charge on any atom is 0.192 e. The molecule has 0 fully saturated rings. The molecule has 1 aromatic heterocycles. The topological polar surface area (TPSA) is 90.3 Å². The normalized spacial score (nSPS) is 14.6. The SMILES string of the molecule is Cc1nc2ccc(C(O)C(O)C#N)cc2o1. The molecule has 2 rings (SSSR count). The molecular weight excluding hydrogens is 208 g/mol. The van der Waals surface area contributed by atoms with Crippen molar-refractivity contribution >= 4 is 11.1 Å². The first-order valence-corrected chi connectivity index (χ1v) is 4.74. The molecule has 0 aliphatic rings. The zero-order valence-electron chi connectivity index (χ0n) is 8.58. The Hall–Kier alpha value is -1.90. The minimum atomic E-state index is -1.44. The van der Waals surface area contributed by atoms with Gasteiger partial charge in [-0.3, -0.25) is 0 Å². The molecule has 0 bridgehead atoms. The minimum Gasteiger partial charge on any atom is -0.441 e. The van der Waals surface area contributed by atoms with Crippen LogP contribution in [0.4, 0.5) is 0 Å². The van der Waals surface area contributed by atoms with Crippen LogP contribution in [0.5, 0.6) is 0 Å². The summed E-state index contributed by atoms with van der Waals surface area (Å²) in [5, 5.41) is 27.3. The van der Waals surface area contributed by atoms with Gasteiger partial charge in [-0.1, -0.05) is 6.07 Å². The van der Waals surface area contributed by atoms with Crippen molar-refractivity contribution in [3.8, 4) is 6.07 Å². The molecule has 2 unspecified atom stereocenters. The first-order valence-electron chi connectivity index (χ1n) is 4.74. The molecule has 0 spiro atoms. The van der Waals surface area contributed by atoms with E-state index in [0.29, 0.717) is 22.6 Å². The molecule has 16 heavy (non-hydrogen) atoms. The van der Waals surface area contributed by atoms with Gasteiger partial charge in [-0.05, 0) is 17.7 Å². The Morgan fingerprint density at radius 2 is 2.19 bits per heavy atom. The number of rotatable bonds is 2. The largest absolute Gasteiger partial charge is 0.441 e. The molecule has 1 aromatic carbocycles. The van der Waals surface area contributed by atoms with Crippen molar-refractivity contribution < 1.29 is 14.6 Å². The Kier molecular flexibility index (Phi) is 2.60. The van der Waals surface area contributed by atoms with Crippen molar-refractivity contribution in [1.29, 1.82) is 5.26 Å². The highest BCUT2D eigenvalue weighted by molar-refractivity contribution is 5.73. The number of oxazole rings is 1. The van der Waals surface area contributed by atoms with E-state index >= 15 is 0 Å². The van der Waals surface area contributed by atoms with E-state index in [9.17, 15) is 10.2 Å². The summed E-state index contributed by atoms with van der Waals surface area (Å²) in [4.78, 5) is 4.10. The first kappa shape index (κ1) is 10.6. The van der Waals surface area contributed by atoms with Gasteiger partial charge in [-0.2, -0.15) is 5.26 Å². The van der Waals surface area contributed by atoms with Crippen LogP contribution < -0.4 is 0 Å². The quantitative estimate of drug-likeness (QED) is 0.735. The third kappa shape index (κ3) is 1.76. The molecule has 5 nitrogen and oxygen atoms in total. The van der Waals surface area contributed by atoms with Crippen molar-refractivity contribution in [1.82, 2.24) is 4.98 Å². The van der Waals surface area contributed by atoms with E-state index in [4.69, 9.17) is 9.68 Å². The van der Waals surface area contributed by atoms with Crippen LogP contribution in [-0.4, -0.2) is 21.3 Å². The van der Waals surface area contributed by atoms with Gasteiger partial charge in [0, 0.05) is 6.92 Å². The predicted octanol–water partition coefficient (Wildman–Crippen LogP) is 1.05. The summed E-state index contributed by atoms with van der Waals surface area (Å²) in [5.74, 6) is 0.530. The maximum atomic E-state index is 9.62. The smallest absolute Gasteiger partial charge is 0.192 e. The molecular formula is C11H10N2O3. The lowest BCUT2D eigenvalue weighted by molar-refractivity contribution is 0.0528. The number of hydrogen-bond donors (Lipinski definition) is 2. The molecule has 0 aliphatic carbocycles. The van der Waals surface area contributed by atoms with Gasteiger partial charge in [-0.15, -0.1) is 0 Å². The second kappa shape index (κ2) is 3.93. The summed E-state index contributed by atoms with van der Waals surface area (Å²) in [7, 11) is 0. The van der Waals surface area contributed by atoms with Crippen LogP contribution in [0.25, 0.3) is 11.1 Å². The molecule has 1 heterocycles. The Labute approximate surface area is 91.6 Å². The molecule has 2 atom stereocenters. The Balaban J connectivity index is 2.43. The van der Waals surface area contributed by atoms with E-state index in [1.54, 1.807) is 31.2 Å². The highest BCUT2D eigenvalue weighted by Gasteiger charge is 2.18. The highest BCUT2D eigenvalue weighted by Crippen LogP contribution is 2.22. The number of benzene rings is 1. The van der Waals surface area contributed by atoms with Gasteiger partial charge >= 0.3 is 0 Å². The standard InChI is InChI=1S/C11H10N2O3/c1-6-13-8-3-2-7(4-10(8)16-6)11(15)9(14)5-12/h2-4,9,11,14-15H,1H3. The Bertz CT molecular complexity index is 556. The molecule has 82 valence electrons. The van der Waals surface area contributed by atoms with Gasteiger partial charge in [0.15, 0.2) is 17.6 Å². The lowest BCUT2D eigenvalue weighted by Gasteiger charge is -2.11. The van der Waals surface area contributed by atoms with Gasteiger partial charge < -0.3 is 14.6 Å². The van der Waals surface area contributed by atoms with E-state index < -0.39 is 12.2 Å².